The lowest BCUT2D eigenvalue weighted by atomic mass is 9.64. The molecule has 2 unspecified atom stereocenters. The van der Waals surface area contributed by atoms with Crippen LogP contribution in [0.15, 0.2) is 30.3 Å². The highest BCUT2D eigenvalue weighted by Crippen LogP contribution is 2.40. The van der Waals surface area contributed by atoms with E-state index in [-0.39, 0.29) is 23.5 Å². The molecule has 0 spiro atoms. The summed E-state index contributed by atoms with van der Waals surface area (Å²) in [6.45, 7) is 3.98. The van der Waals surface area contributed by atoms with Crippen molar-refractivity contribution in [1.29, 1.82) is 0 Å². The van der Waals surface area contributed by atoms with Crippen LogP contribution in [0.1, 0.15) is 32.3 Å². The van der Waals surface area contributed by atoms with Crippen molar-refractivity contribution in [1.82, 2.24) is 5.32 Å². The first-order valence-electron chi connectivity index (χ1n) is 6.51. The number of hydrogen-bond donors (Lipinski definition) is 2. The van der Waals surface area contributed by atoms with E-state index >= 15 is 0 Å². The van der Waals surface area contributed by atoms with Crippen LogP contribution in [-0.2, 0) is 11.2 Å². The Morgan fingerprint density at radius 3 is 2.61 bits per heavy atom. The van der Waals surface area contributed by atoms with Crippen LogP contribution in [0.5, 0.6) is 0 Å². The third-order valence-corrected chi connectivity index (χ3v) is 4.03. The molecule has 18 heavy (non-hydrogen) atoms. The zero-order chi connectivity index (χ0) is 13.2. The van der Waals surface area contributed by atoms with Crippen LogP contribution >= 0.6 is 0 Å². The monoisotopic (exact) mass is 247 g/mol. The van der Waals surface area contributed by atoms with Crippen LogP contribution in [-0.4, -0.2) is 23.2 Å². The number of rotatable bonds is 4. The minimum atomic E-state index is -0.295. The van der Waals surface area contributed by atoms with Gasteiger partial charge in [0.1, 0.15) is 0 Å². The molecule has 0 aromatic heterocycles. The van der Waals surface area contributed by atoms with E-state index in [1.54, 1.807) is 0 Å². The Hall–Kier alpha value is -1.35. The number of carbonyl (C=O) groups excluding carboxylic acids is 1. The van der Waals surface area contributed by atoms with Crippen LogP contribution in [0.2, 0.25) is 0 Å². The Balaban J connectivity index is 1.77. The van der Waals surface area contributed by atoms with E-state index in [4.69, 9.17) is 0 Å². The Bertz CT molecular complexity index is 414. The van der Waals surface area contributed by atoms with E-state index in [9.17, 15) is 9.90 Å². The molecule has 2 rings (SSSR count). The molecule has 1 aromatic carbocycles. The highest BCUT2D eigenvalue weighted by molar-refractivity contribution is 5.76. The second-order valence-corrected chi connectivity index (χ2v) is 5.68. The normalized spacial score (nSPS) is 25.3. The Labute approximate surface area is 108 Å². The second kappa shape index (κ2) is 5.11. The molecule has 1 aromatic rings. The van der Waals surface area contributed by atoms with Crippen LogP contribution < -0.4 is 5.32 Å². The van der Waals surface area contributed by atoms with Crippen molar-refractivity contribution in [3.63, 3.8) is 0 Å². The predicted molar refractivity (Wildman–Crippen MR) is 71.1 cm³/mol. The summed E-state index contributed by atoms with van der Waals surface area (Å²) in [7, 11) is 0. The minimum absolute atomic E-state index is 0.0730. The molecule has 0 bridgehead atoms. The van der Waals surface area contributed by atoms with Gasteiger partial charge in [-0.2, -0.15) is 0 Å². The zero-order valence-electron chi connectivity index (χ0n) is 11.0. The van der Waals surface area contributed by atoms with Crippen LogP contribution in [0.3, 0.4) is 0 Å². The van der Waals surface area contributed by atoms with Crippen LogP contribution in [0.25, 0.3) is 0 Å². The first-order chi connectivity index (χ1) is 8.50. The lowest BCUT2D eigenvalue weighted by Crippen LogP contribution is -2.61. The topological polar surface area (TPSA) is 49.3 Å². The van der Waals surface area contributed by atoms with E-state index in [1.807, 2.05) is 44.2 Å². The Kier molecular flexibility index (Phi) is 3.71. The van der Waals surface area contributed by atoms with Crippen LogP contribution in [0, 0.1) is 5.41 Å². The maximum Gasteiger partial charge on any atom is 0.220 e. The molecule has 0 saturated heterocycles. The summed E-state index contributed by atoms with van der Waals surface area (Å²) in [6, 6.07) is 10.1. The molecule has 0 radical (unpaired) electrons. The lowest BCUT2D eigenvalue weighted by Gasteiger charge is -2.49. The van der Waals surface area contributed by atoms with Gasteiger partial charge in [0.15, 0.2) is 0 Å². The van der Waals surface area contributed by atoms with E-state index in [2.05, 4.69) is 5.32 Å². The van der Waals surface area contributed by atoms with Gasteiger partial charge in [0, 0.05) is 17.9 Å². The Morgan fingerprint density at radius 1 is 1.39 bits per heavy atom. The van der Waals surface area contributed by atoms with Crippen molar-refractivity contribution >= 4 is 5.91 Å². The summed E-state index contributed by atoms with van der Waals surface area (Å²) in [4.78, 5) is 11.8. The van der Waals surface area contributed by atoms with Crippen LogP contribution in [0.4, 0.5) is 0 Å². The maximum absolute atomic E-state index is 11.8. The van der Waals surface area contributed by atoms with Gasteiger partial charge < -0.3 is 10.4 Å². The van der Waals surface area contributed by atoms with Gasteiger partial charge in [-0.1, -0.05) is 44.2 Å². The van der Waals surface area contributed by atoms with Crippen molar-refractivity contribution in [2.24, 2.45) is 5.41 Å². The summed E-state index contributed by atoms with van der Waals surface area (Å²) in [5.41, 5.74) is 0.989. The molecule has 2 atom stereocenters. The average molecular weight is 247 g/mol. The number of carbonyl (C=O) groups is 1. The standard InChI is InChI=1S/C15H21NO2/c1-15(2)12(10-13(15)17)16-14(18)9-8-11-6-4-3-5-7-11/h3-7,12-13,17H,8-10H2,1-2H3,(H,16,18). The lowest BCUT2D eigenvalue weighted by molar-refractivity contribution is -0.129. The quantitative estimate of drug-likeness (QED) is 0.853. The summed E-state index contributed by atoms with van der Waals surface area (Å²) in [5, 5.41) is 12.6. The fraction of sp³-hybridized carbons (Fsp3) is 0.533. The summed E-state index contributed by atoms with van der Waals surface area (Å²) >= 11 is 0. The molecule has 98 valence electrons. The Morgan fingerprint density at radius 2 is 2.06 bits per heavy atom. The second-order valence-electron chi connectivity index (χ2n) is 5.68. The number of nitrogens with one attached hydrogen (secondary N) is 1. The van der Waals surface area contributed by atoms with Gasteiger partial charge in [0.05, 0.1) is 6.10 Å². The SMILES string of the molecule is CC1(C)C(O)CC1NC(=O)CCc1ccccc1. The minimum Gasteiger partial charge on any atom is -0.392 e. The largest absolute Gasteiger partial charge is 0.392 e. The number of hydrogen-bond acceptors (Lipinski definition) is 2. The highest BCUT2D eigenvalue weighted by atomic mass is 16.3. The number of aryl methyl sites for hydroxylation is 1. The van der Waals surface area contributed by atoms with Gasteiger partial charge >= 0.3 is 0 Å². The fourth-order valence-corrected chi connectivity index (χ4v) is 2.32. The van der Waals surface area contributed by atoms with E-state index in [1.165, 1.54) is 5.56 Å². The van der Waals surface area contributed by atoms with Crippen molar-refractivity contribution in [2.75, 3.05) is 0 Å². The molecular formula is C15H21NO2. The van der Waals surface area contributed by atoms with Gasteiger partial charge in [-0.25, -0.2) is 0 Å². The van der Waals surface area contributed by atoms with E-state index < -0.39 is 0 Å². The average Bonchev–Trinajstić information content (AvgIpc) is 2.37. The predicted octanol–water partition coefficient (Wildman–Crippen LogP) is 1.89. The highest BCUT2D eigenvalue weighted by Gasteiger charge is 2.47. The van der Waals surface area contributed by atoms with Crippen molar-refractivity contribution in [2.45, 2.75) is 45.3 Å². The fourth-order valence-electron chi connectivity index (χ4n) is 2.32. The summed E-state index contributed by atoms with van der Waals surface area (Å²) < 4.78 is 0. The van der Waals surface area contributed by atoms with Crippen molar-refractivity contribution < 1.29 is 9.90 Å². The molecule has 3 nitrogen and oxygen atoms in total. The van der Waals surface area contributed by atoms with Gasteiger partial charge in [-0.05, 0) is 18.4 Å². The van der Waals surface area contributed by atoms with E-state index in [0.717, 1.165) is 6.42 Å². The number of amides is 1. The molecule has 0 aliphatic heterocycles. The molecule has 1 aliphatic rings. The first kappa shape index (κ1) is 13.1. The molecule has 1 amide bonds. The molecule has 1 saturated carbocycles. The molecular weight excluding hydrogens is 226 g/mol. The summed E-state index contributed by atoms with van der Waals surface area (Å²) in [6.07, 6.45) is 1.65. The molecule has 0 heterocycles. The van der Waals surface area contributed by atoms with Gasteiger partial charge in [-0.15, -0.1) is 0 Å². The van der Waals surface area contributed by atoms with Crippen molar-refractivity contribution in [3.05, 3.63) is 35.9 Å². The molecule has 1 fully saturated rings. The first-order valence-corrected chi connectivity index (χ1v) is 6.51. The number of aliphatic hydroxyl groups is 1. The number of aliphatic hydroxyl groups excluding tert-OH is 1. The number of benzene rings is 1. The zero-order valence-corrected chi connectivity index (χ0v) is 11.0. The summed E-state index contributed by atoms with van der Waals surface area (Å²) in [5.74, 6) is 0.0730. The van der Waals surface area contributed by atoms with E-state index in [0.29, 0.717) is 12.8 Å². The molecule has 1 aliphatic carbocycles. The molecule has 2 N–H and O–H groups in total. The van der Waals surface area contributed by atoms with Gasteiger partial charge in [0.2, 0.25) is 5.91 Å². The van der Waals surface area contributed by atoms with Gasteiger partial charge in [-0.3, -0.25) is 4.79 Å². The molecule has 3 heteroatoms. The third-order valence-electron chi connectivity index (χ3n) is 4.03. The van der Waals surface area contributed by atoms with Crippen molar-refractivity contribution in [3.8, 4) is 0 Å². The third kappa shape index (κ3) is 2.72. The van der Waals surface area contributed by atoms with Gasteiger partial charge in [0.25, 0.3) is 0 Å². The maximum atomic E-state index is 11.8. The smallest absolute Gasteiger partial charge is 0.220 e.